The van der Waals surface area contributed by atoms with Gasteiger partial charge in [-0.25, -0.2) is 21.6 Å². The third-order valence-electron chi connectivity index (χ3n) is 3.75. The van der Waals surface area contributed by atoms with Gasteiger partial charge in [0, 0.05) is 25.7 Å². The van der Waals surface area contributed by atoms with Gasteiger partial charge in [0.05, 0.1) is 9.79 Å². The summed E-state index contributed by atoms with van der Waals surface area (Å²) in [6.45, 7) is 5.04. The lowest BCUT2D eigenvalue weighted by Crippen LogP contribution is -2.52. The zero-order valence-electron chi connectivity index (χ0n) is 13.2. The molecule has 1 aromatic carbocycles. The van der Waals surface area contributed by atoms with E-state index in [4.69, 9.17) is 0 Å². The minimum Gasteiger partial charge on any atom is -0.314 e. The number of nitrogens with zero attached hydrogens (tertiary/aromatic N) is 1. The summed E-state index contributed by atoms with van der Waals surface area (Å²) in [5.74, 6) is 0. The molecule has 132 valence electrons. The van der Waals surface area contributed by atoms with Gasteiger partial charge in [0.15, 0.2) is 0 Å². The van der Waals surface area contributed by atoms with E-state index in [9.17, 15) is 16.8 Å². The quantitative estimate of drug-likeness (QED) is 0.780. The van der Waals surface area contributed by atoms with Gasteiger partial charge in [-0.1, -0.05) is 0 Å². The van der Waals surface area contributed by atoms with E-state index in [2.05, 4.69) is 10.0 Å². The first-order valence-electron chi connectivity index (χ1n) is 6.97. The molecule has 1 aromatic rings. The Hall–Kier alpha value is -0.710. The predicted octanol–water partition coefficient (Wildman–Crippen LogP) is 0.307. The van der Waals surface area contributed by atoms with Crippen molar-refractivity contribution in [3.63, 3.8) is 0 Å². The molecule has 10 heteroatoms. The van der Waals surface area contributed by atoms with Crippen LogP contribution in [0.3, 0.4) is 0 Å². The molecule has 1 atom stereocenters. The smallest absolute Gasteiger partial charge is 0.243 e. The summed E-state index contributed by atoms with van der Waals surface area (Å²) < 4.78 is 52.8. The van der Waals surface area contributed by atoms with Gasteiger partial charge in [-0.3, -0.25) is 0 Å². The summed E-state index contributed by atoms with van der Waals surface area (Å²) in [6, 6.07) is 3.95. The molecule has 2 rings (SSSR count). The number of rotatable bonds is 4. The van der Waals surface area contributed by atoms with Crippen molar-refractivity contribution in [2.24, 2.45) is 0 Å². The van der Waals surface area contributed by atoms with Crippen molar-refractivity contribution in [1.29, 1.82) is 0 Å². The van der Waals surface area contributed by atoms with Crippen molar-refractivity contribution in [3.8, 4) is 0 Å². The number of sulfonamides is 2. The van der Waals surface area contributed by atoms with Crippen LogP contribution in [0.25, 0.3) is 0 Å². The first kappa shape index (κ1) is 20.3. The molecule has 0 saturated carbocycles. The highest BCUT2D eigenvalue weighted by atomic mass is 35.5. The Bertz CT molecular complexity index is 765. The number of halogens is 1. The largest absolute Gasteiger partial charge is 0.314 e. The standard InChI is InChI=1S/C13H21N3O4S2.ClH/c1-10-8-12(4-5-13(10)21(17,18)14-3)22(19,20)16-7-6-15-9-11(16)2;/h4-5,8,11,14-15H,6-7,9H2,1-3H3;1H. The topological polar surface area (TPSA) is 95.6 Å². The molecule has 0 bridgehead atoms. The van der Waals surface area contributed by atoms with Crippen LogP contribution >= 0.6 is 12.4 Å². The van der Waals surface area contributed by atoms with Gasteiger partial charge in [0.25, 0.3) is 0 Å². The van der Waals surface area contributed by atoms with Crippen molar-refractivity contribution in [3.05, 3.63) is 23.8 Å². The van der Waals surface area contributed by atoms with Gasteiger partial charge in [-0.2, -0.15) is 4.31 Å². The second-order valence-corrected chi connectivity index (χ2v) is 9.05. The number of benzene rings is 1. The molecule has 1 saturated heterocycles. The highest BCUT2D eigenvalue weighted by Crippen LogP contribution is 2.23. The number of hydrogen-bond acceptors (Lipinski definition) is 5. The van der Waals surface area contributed by atoms with Crippen LogP contribution in [-0.4, -0.2) is 53.9 Å². The Kier molecular flexibility index (Phi) is 6.59. The van der Waals surface area contributed by atoms with E-state index in [-0.39, 0.29) is 28.2 Å². The van der Waals surface area contributed by atoms with Crippen LogP contribution in [0, 0.1) is 6.92 Å². The zero-order chi connectivity index (χ0) is 16.5. The normalized spacial score (nSPS) is 20.0. The fraction of sp³-hybridized carbons (Fsp3) is 0.538. The fourth-order valence-electron chi connectivity index (χ4n) is 2.51. The van der Waals surface area contributed by atoms with Crippen molar-refractivity contribution in [2.45, 2.75) is 29.7 Å². The predicted molar refractivity (Wildman–Crippen MR) is 90.9 cm³/mol. The summed E-state index contributed by atoms with van der Waals surface area (Å²) in [6.07, 6.45) is 0. The molecule has 1 aliphatic heterocycles. The number of hydrogen-bond donors (Lipinski definition) is 2. The van der Waals surface area contributed by atoms with Gasteiger partial charge in [-0.05, 0) is 44.7 Å². The monoisotopic (exact) mass is 383 g/mol. The van der Waals surface area contributed by atoms with Crippen molar-refractivity contribution in [2.75, 3.05) is 26.7 Å². The second kappa shape index (κ2) is 7.45. The van der Waals surface area contributed by atoms with Crippen molar-refractivity contribution >= 4 is 32.5 Å². The maximum Gasteiger partial charge on any atom is 0.243 e. The molecule has 23 heavy (non-hydrogen) atoms. The molecule has 0 aliphatic carbocycles. The first-order chi connectivity index (χ1) is 10.2. The highest BCUT2D eigenvalue weighted by molar-refractivity contribution is 7.89. The van der Waals surface area contributed by atoms with E-state index >= 15 is 0 Å². The fourth-order valence-corrected chi connectivity index (χ4v) is 5.18. The first-order valence-corrected chi connectivity index (χ1v) is 9.89. The van der Waals surface area contributed by atoms with Crippen LogP contribution < -0.4 is 10.0 Å². The maximum absolute atomic E-state index is 12.7. The van der Waals surface area contributed by atoms with Gasteiger partial charge in [0.2, 0.25) is 20.0 Å². The van der Waals surface area contributed by atoms with Gasteiger partial charge in [-0.15, -0.1) is 12.4 Å². The molecule has 0 amide bonds. The Morgan fingerprint density at radius 2 is 1.91 bits per heavy atom. The molecular formula is C13H22ClN3O4S2. The van der Waals surface area contributed by atoms with E-state index in [0.29, 0.717) is 25.2 Å². The lowest BCUT2D eigenvalue weighted by Gasteiger charge is -2.32. The summed E-state index contributed by atoms with van der Waals surface area (Å²) >= 11 is 0. The van der Waals surface area contributed by atoms with Gasteiger partial charge >= 0.3 is 0 Å². The van der Waals surface area contributed by atoms with E-state index in [1.165, 1.54) is 29.6 Å². The molecule has 0 spiro atoms. The molecule has 7 nitrogen and oxygen atoms in total. The minimum absolute atomic E-state index is 0. The molecule has 0 radical (unpaired) electrons. The van der Waals surface area contributed by atoms with E-state index < -0.39 is 20.0 Å². The summed E-state index contributed by atoms with van der Waals surface area (Å²) in [7, 11) is -5.90. The van der Waals surface area contributed by atoms with E-state index in [1.54, 1.807) is 6.92 Å². The summed E-state index contributed by atoms with van der Waals surface area (Å²) in [4.78, 5) is 0.205. The maximum atomic E-state index is 12.7. The van der Waals surface area contributed by atoms with Crippen molar-refractivity contribution in [1.82, 2.24) is 14.3 Å². The van der Waals surface area contributed by atoms with Gasteiger partial charge < -0.3 is 5.32 Å². The third-order valence-corrected chi connectivity index (χ3v) is 7.34. The van der Waals surface area contributed by atoms with Crippen LogP contribution in [-0.2, 0) is 20.0 Å². The summed E-state index contributed by atoms with van der Waals surface area (Å²) in [5, 5.41) is 3.14. The zero-order valence-corrected chi connectivity index (χ0v) is 15.7. The van der Waals surface area contributed by atoms with E-state index in [0.717, 1.165) is 0 Å². The number of aryl methyl sites for hydroxylation is 1. The molecule has 2 N–H and O–H groups in total. The molecule has 1 heterocycles. The Morgan fingerprint density at radius 1 is 1.26 bits per heavy atom. The van der Waals surface area contributed by atoms with Crippen LogP contribution in [0.1, 0.15) is 12.5 Å². The van der Waals surface area contributed by atoms with Gasteiger partial charge in [0.1, 0.15) is 0 Å². The SMILES string of the molecule is CNS(=O)(=O)c1ccc(S(=O)(=O)N2CCNCC2C)cc1C.Cl. The molecular weight excluding hydrogens is 362 g/mol. The Balaban J connectivity index is 0.00000264. The molecule has 1 fully saturated rings. The van der Waals surface area contributed by atoms with E-state index in [1.807, 2.05) is 6.92 Å². The third kappa shape index (κ3) is 4.04. The van der Waals surface area contributed by atoms with Crippen LogP contribution in [0.5, 0.6) is 0 Å². The molecule has 1 unspecified atom stereocenters. The molecule has 1 aliphatic rings. The second-order valence-electron chi connectivity index (χ2n) is 5.30. The lowest BCUT2D eigenvalue weighted by atomic mass is 10.2. The number of piperazine rings is 1. The lowest BCUT2D eigenvalue weighted by molar-refractivity contribution is 0.284. The average molecular weight is 384 g/mol. The van der Waals surface area contributed by atoms with Crippen LogP contribution in [0.15, 0.2) is 28.0 Å². The van der Waals surface area contributed by atoms with Crippen LogP contribution in [0.2, 0.25) is 0 Å². The number of nitrogens with one attached hydrogen (secondary N) is 2. The van der Waals surface area contributed by atoms with Crippen LogP contribution in [0.4, 0.5) is 0 Å². The highest BCUT2D eigenvalue weighted by Gasteiger charge is 2.31. The van der Waals surface area contributed by atoms with Crippen molar-refractivity contribution < 1.29 is 16.8 Å². The minimum atomic E-state index is -3.62. The Morgan fingerprint density at radius 3 is 2.43 bits per heavy atom. The average Bonchev–Trinajstić information content (AvgIpc) is 2.47. The summed E-state index contributed by atoms with van der Waals surface area (Å²) in [5.41, 5.74) is 0.401. The Labute approximate surface area is 144 Å². The molecule has 0 aromatic heterocycles.